The minimum absolute atomic E-state index is 0. The van der Waals surface area contributed by atoms with Crippen molar-refractivity contribution >= 4 is 53.0 Å². The molecule has 7 heteroatoms. The maximum atomic E-state index is 4.31. The zero-order valence-electron chi connectivity index (χ0n) is 12.9. The summed E-state index contributed by atoms with van der Waals surface area (Å²) in [5.41, 5.74) is 0.255. The summed E-state index contributed by atoms with van der Waals surface area (Å²) < 4.78 is 0. The van der Waals surface area contributed by atoms with E-state index in [1.54, 1.807) is 11.3 Å². The highest BCUT2D eigenvalue weighted by Gasteiger charge is 2.36. The van der Waals surface area contributed by atoms with Gasteiger partial charge in [0.1, 0.15) is 0 Å². The fourth-order valence-corrected chi connectivity index (χ4v) is 4.50. The molecule has 2 N–H and O–H groups in total. The lowest BCUT2D eigenvalue weighted by molar-refractivity contribution is 0.183. The molecule has 1 fully saturated rings. The third-order valence-corrected chi connectivity index (χ3v) is 5.96. The quantitative estimate of drug-likeness (QED) is 0.419. The van der Waals surface area contributed by atoms with Crippen LogP contribution in [0.15, 0.2) is 22.5 Å². The maximum Gasteiger partial charge on any atom is 0.191 e. The molecule has 1 aromatic rings. The Morgan fingerprint density at radius 2 is 2.24 bits per heavy atom. The van der Waals surface area contributed by atoms with Crippen molar-refractivity contribution in [1.82, 2.24) is 15.5 Å². The summed E-state index contributed by atoms with van der Waals surface area (Å²) in [6.45, 7) is 1.78. The van der Waals surface area contributed by atoms with Gasteiger partial charge in [-0.3, -0.25) is 4.99 Å². The summed E-state index contributed by atoms with van der Waals surface area (Å²) in [5.74, 6) is 3.33. The first kappa shape index (κ1) is 19.1. The van der Waals surface area contributed by atoms with Crippen LogP contribution in [0.4, 0.5) is 0 Å². The van der Waals surface area contributed by atoms with Crippen LogP contribution in [0.25, 0.3) is 0 Å². The average molecular weight is 440 g/mol. The zero-order valence-corrected chi connectivity index (χ0v) is 16.9. The Balaban J connectivity index is 0.00000220. The van der Waals surface area contributed by atoms with Crippen molar-refractivity contribution in [2.24, 2.45) is 4.99 Å². The average Bonchev–Trinajstić information content (AvgIpc) is 3.10. The Morgan fingerprint density at radius 1 is 1.43 bits per heavy atom. The lowest BCUT2D eigenvalue weighted by Gasteiger charge is -2.36. The highest BCUT2D eigenvalue weighted by Crippen LogP contribution is 2.31. The minimum Gasteiger partial charge on any atom is -0.355 e. The number of thiophene rings is 1. The van der Waals surface area contributed by atoms with Gasteiger partial charge in [-0.2, -0.15) is 11.8 Å². The number of halogens is 1. The molecule has 0 radical (unpaired) electrons. The molecule has 1 aliphatic rings. The zero-order chi connectivity index (χ0) is 14.4. The number of likely N-dealkylation sites (N-methyl/N-ethyl adjacent to an activating group) is 1. The summed E-state index contributed by atoms with van der Waals surface area (Å²) in [5, 5.41) is 8.96. The van der Waals surface area contributed by atoms with E-state index < -0.39 is 0 Å². The summed E-state index contributed by atoms with van der Waals surface area (Å²) in [6, 6.07) is 4.22. The number of thioether (sulfide) groups is 1. The highest BCUT2D eigenvalue weighted by atomic mass is 127. The van der Waals surface area contributed by atoms with Crippen molar-refractivity contribution in [3.63, 3.8) is 0 Å². The van der Waals surface area contributed by atoms with Gasteiger partial charge in [0.05, 0.1) is 6.54 Å². The number of hydrogen-bond acceptors (Lipinski definition) is 4. The van der Waals surface area contributed by atoms with Gasteiger partial charge in [0.15, 0.2) is 5.96 Å². The van der Waals surface area contributed by atoms with E-state index in [-0.39, 0.29) is 29.5 Å². The van der Waals surface area contributed by atoms with Gasteiger partial charge in [-0.1, -0.05) is 6.07 Å². The van der Waals surface area contributed by atoms with Crippen LogP contribution >= 0.6 is 47.1 Å². The number of rotatable bonds is 5. The first-order valence-electron chi connectivity index (χ1n) is 6.88. The molecular formula is C14H25IN4S2. The van der Waals surface area contributed by atoms with Gasteiger partial charge in [-0.05, 0) is 37.7 Å². The third kappa shape index (κ3) is 5.30. The Kier molecular flexibility index (Phi) is 8.36. The highest BCUT2D eigenvalue weighted by molar-refractivity contribution is 14.0. The van der Waals surface area contributed by atoms with Crippen molar-refractivity contribution in [3.8, 4) is 0 Å². The Morgan fingerprint density at radius 3 is 2.76 bits per heavy atom. The van der Waals surface area contributed by atoms with Crippen LogP contribution in [0, 0.1) is 0 Å². The number of aliphatic imine (C=N–C) groups is 1. The third-order valence-electron chi connectivity index (χ3n) is 3.85. The standard InChI is InChI=1S/C14H24N4S2.HI/c1-15-13(16-9-12-5-4-7-20-12)17-10-14(18(2)3)6-8-19-11-14;/h4-5,7H,6,8-11H2,1-3H3,(H2,15,16,17);1H. The predicted octanol–water partition coefficient (Wildman–Crippen LogP) is 2.47. The van der Waals surface area contributed by atoms with Gasteiger partial charge in [0.2, 0.25) is 0 Å². The predicted molar refractivity (Wildman–Crippen MR) is 106 cm³/mol. The normalized spacial score (nSPS) is 22.2. The van der Waals surface area contributed by atoms with E-state index in [9.17, 15) is 0 Å². The van der Waals surface area contributed by atoms with Crippen LogP contribution in [-0.2, 0) is 6.54 Å². The molecule has 0 amide bonds. The first-order chi connectivity index (χ1) is 9.66. The topological polar surface area (TPSA) is 39.7 Å². The van der Waals surface area contributed by atoms with Gasteiger partial charge in [-0.25, -0.2) is 0 Å². The second-order valence-corrected chi connectivity index (χ2v) is 7.42. The molecule has 0 saturated carbocycles. The van der Waals surface area contributed by atoms with Crippen molar-refractivity contribution in [1.29, 1.82) is 0 Å². The molecule has 2 rings (SSSR count). The lowest BCUT2D eigenvalue weighted by Crippen LogP contribution is -2.54. The molecule has 0 aromatic carbocycles. The summed E-state index contributed by atoms with van der Waals surface area (Å²) in [6.07, 6.45) is 1.24. The molecule has 2 heterocycles. The Labute approximate surface area is 153 Å². The molecule has 1 unspecified atom stereocenters. The van der Waals surface area contributed by atoms with E-state index in [1.807, 2.05) is 18.8 Å². The van der Waals surface area contributed by atoms with Gasteiger partial charge in [0.25, 0.3) is 0 Å². The molecule has 0 aliphatic carbocycles. The molecule has 120 valence electrons. The van der Waals surface area contributed by atoms with E-state index in [0.29, 0.717) is 0 Å². The molecule has 1 aliphatic heterocycles. The van der Waals surface area contributed by atoms with Crippen LogP contribution in [-0.4, -0.2) is 55.6 Å². The van der Waals surface area contributed by atoms with Crippen LogP contribution in [0.2, 0.25) is 0 Å². The van der Waals surface area contributed by atoms with Crippen LogP contribution in [0.1, 0.15) is 11.3 Å². The van der Waals surface area contributed by atoms with Gasteiger partial charge < -0.3 is 15.5 Å². The van der Waals surface area contributed by atoms with E-state index in [0.717, 1.165) is 19.0 Å². The van der Waals surface area contributed by atoms with E-state index in [1.165, 1.54) is 22.8 Å². The van der Waals surface area contributed by atoms with Gasteiger partial charge >= 0.3 is 0 Å². The number of guanidine groups is 1. The van der Waals surface area contributed by atoms with Crippen molar-refractivity contribution in [2.75, 3.05) is 39.2 Å². The smallest absolute Gasteiger partial charge is 0.191 e. The number of nitrogens with one attached hydrogen (secondary N) is 2. The molecule has 21 heavy (non-hydrogen) atoms. The SMILES string of the molecule is CN=C(NCc1cccs1)NCC1(N(C)C)CCSC1.I. The molecule has 0 spiro atoms. The first-order valence-corrected chi connectivity index (χ1v) is 8.92. The molecule has 4 nitrogen and oxygen atoms in total. The molecule has 1 saturated heterocycles. The van der Waals surface area contributed by atoms with Crippen LogP contribution < -0.4 is 10.6 Å². The van der Waals surface area contributed by atoms with Crippen LogP contribution in [0.5, 0.6) is 0 Å². The number of hydrogen-bond donors (Lipinski definition) is 2. The fourth-order valence-electron chi connectivity index (χ4n) is 2.30. The van der Waals surface area contributed by atoms with E-state index in [4.69, 9.17) is 0 Å². The lowest BCUT2D eigenvalue weighted by atomic mass is 9.97. The van der Waals surface area contributed by atoms with E-state index in [2.05, 4.69) is 52.1 Å². The minimum atomic E-state index is 0. The van der Waals surface area contributed by atoms with Gasteiger partial charge in [-0.15, -0.1) is 35.3 Å². The molecule has 0 bridgehead atoms. The van der Waals surface area contributed by atoms with E-state index >= 15 is 0 Å². The molecular weight excluding hydrogens is 415 g/mol. The molecule has 1 aromatic heterocycles. The van der Waals surface area contributed by atoms with Crippen molar-refractivity contribution in [3.05, 3.63) is 22.4 Å². The second kappa shape index (κ2) is 9.22. The second-order valence-electron chi connectivity index (χ2n) is 5.28. The fraction of sp³-hybridized carbons (Fsp3) is 0.643. The Bertz CT molecular complexity index is 428. The Hall–Kier alpha value is 0.01000. The van der Waals surface area contributed by atoms with Crippen molar-refractivity contribution in [2.45, 2.75) is 18.5 Å². The maximum absolute atomic E-state index is 4.31. The van der Waals surface area contributed by atoms with Crippen molar-refractivity contribution < 1.29 is 0 Å². The summed E-state index contributed by atoms with van der Waals surface area (Å²) in [4.78, 5) is 7.99. The summed E-state index contributed by atoms with van der Waals surface area (Å²) in [7, 11) is 6.18. The largest absolute Gasteiger partial charge is 0.355 e. The summed E-state index contributed by atoms with van der Waals surface area (Å²) >= 11 is 3.81. The van der Waals surface area contributed by atoms with Gasteiger partial charge in [0, 0.05) is 29.8 Å². The number of nitrogens with zero attached hydrogens (tertiary/aromatic N) is 2. The molecule has 1 atom stereocenters. The van der Waals surface area contributed by atoms with Crippen LogP contribution in [0.3, 0.4) is 0 Å². The monoisotopic (exact) mass is 440 g/mol.